The fraction of sp³-hybridized carbons (Fsp3) is 0.273. The third-order valence-corrected chi connectivity index (χ3v) is 5.72. The van der Waals surface area contributed by atoms with Gasteiger partial charge in [-0.05, 0) is 49.7 Å². The molecule has 0 aromatic carbocycles. The second kappa shape index (κ2) is 6.12. The topological polar surface area (TPSA) is 54.5 Å². The maximum absolute atomic E-state index is 12.9. The van der Waals surface area contributed by atoms with E-state index in [1.54, 1.807) is 18.4 Å². The molecular formula is C22H22N4O2. The molecule has 0 bridgehead atoms. The molecule has 1 atom stereocenters. The zero-order valence-electron chi connectivity index (χ0n) is 15.8. The Labute approximate surface area is 163 Å². The molecule has 0 radical (unpaired) electrons. The molecule has 5 rings (SSSR count). The summed E-state index contributed by atoms with van der Waals surface area (Å²) in [6.45, 7) is 8.17. The summed E-state index contributed by atoms with van der Waals surface area (Å²) >= 11 is 0. The Morgan fingerprint density at radius 1 is 1.29 bits per heavy atom. The molecule has 0 unspecified atom stereocenters. The molecule has 1 amide bonds. The Morgan fingerprint density at radius 3 is 2.96 bits per heavy atom. The largest absolute Gasteiger partial charge is 0.459 e. The van der Waals surface area contributed by atoms with E-state index in [2.05, 4.69) is 45.4 Å². The lowest BCUT2D eigenvalue weighted by atomic mass is 9.88. The third kappa shape index (κ3) is 2.34. The van der Waals surface area contributed by atoms with E-state index in [4.69, 9.17) is 4.42 Å². The first kappa shape index (κ1) is 16.9. The van der Waals surface area contributed by atoms with E-state index in [1.807, 2.05) is 24.1 Å². The number of carbonyl (C=O) groups excluding carboxylic acids is 1. The summed E-state index contributed by atoms with van der Waals surface area (Å²) in [6.07, 6.45) is 6.25. The number of likely N-dealkylation sites (tertiary alicyclic amines) is 1. The van der Waals surface area contributed by atoms with Gasteiger partial charge in [0.25, 0.3) is 5.91 Å². The first-order valence-electron chi connectivity index (χ1n) is 9.48. The fourth-order valence-electron chi connectivity index (χ4n) is 4.56. The van der Waals surface area contributed by atoms with Crippen molar-refractivity contribution in [2.75, 3.05) is 24.5 Å². The van der Waals surface area contributed by atoms with Crippen LogP contribution in [0.3, 0.4) is 0 Å². The average molecular weight is 374 g/mol. The zero-order chi connectivity index (χ0) is 19.3. The van der Waals surface area contributed by atoms with Crippen LogP contribution in [0.25, 0.3) is 5.82 Å². The molecule has 6 heteroatoms. The standard InChI is InChI=1S/C22H22N4O2/c1-16(2)14-26-17-6-3-10-23-20(17)25-11-4-8-19(25)22(26)9-12-24(15-22)21(27)18-7-5-13-28-18/h3-8,10-11,13H,1,9,12,14-15H2,2H3/t22-/m0/s1. The van der Waals surface area contributed by atoms with Gasteiger partial charge in [0.15, 0.2) is 11.6 Å². The van der Waals surface area contributed by atoms with Crippen molar-refractivity contribution in [3.8, 4) is 5.82 Å². The summed E-state index contributed by atoms with van der Waals surface area (Å²) in [6, 6.07) is 11.7. The number of rotatable bonds is 3. The summed E-state index contributed by atoms with van der Waals surface area (Å²) in [5, 5.41) is 0. The van der Waals surface area contributed by atoms with Gasteiger partial charge in [0.1, 0.15) is 5.54 Å². The minimum atomic E-state index is -0.319. The van der Waals surface area contributed by atoms with Crippen molar-refractivity contribution < 1.29 is 9.21 Å². The number of carbonyl (C=O) groups is 1. The van der Waals surface area contributed by atoms with Gasteiger partial charge in [-0.1, -0.05) is 12.2 Å². The molecule has 5 heterocycles. The van der Waals surface area contributed by atoms with Crippen LogP contribution in [0.5, 0.6) is 0 Å². The maximum atomic E-state index is 12.9. The molecule has 2 aliphatic rings. The van der Waals surface area contributed by atoms with Gasteiger partial charge in [-0.25, -0.2) is 4.98 Å². The maximum Gasteiger partial charge on any atom is 0.289 e. The van der Waals surface area contributed by atoms with Crippen LogP contribution in [0.1, 0.15) is 29.6 Å². The van der Waals surface area contributed by atoms with Crippen LogP contribution in [0.15, 0.2) is 71.6 Å². The van der Waals surface area contributed by atoms with Crippen LogP contribution >= 0.6 is 0 Å². The Balaban J connectivity index is 1.61. The van der Waals surface area contributed by atoms with Crippen LogP contribution in [0, 0.1) is 0 Å². The number of pyridine rings is 1. The zero-order valence-corrected chi connectivity index (χ0v) is 15.8. The minimum absolute atomic E-state index is 0.0627. The SMILES string of the molecule is C=C(C)CN1c2cccnc2-n2cccc2[C@@]12CCN(C(=O)c1ccco1)C2. The summed E-state index contributed by atoms with van der Waals surface area (Å²) in [5.74, 6) is 1.24. The Kier molecular flexibility index (Phi) is 3.69. The van der Waals surface area contributed by atoms with Crippen LogP contribution in [0.4, 0.5) is 5.69 Å². The van der Waals surface area contributed by atoms with Crippen molar-refractivity contribution in [3.05, 3.63) is 78.7 Å². The van der Waals surface area contributed by atoms with Crippen molar-refractivity contribution in [3.63, 3.8) is 0 Å². The smallest absolute Gasteiger partial charge is 0.289 e. The molecule has 0 N–H and O–H groups in total. The number of aromatic nitrogens is 2. The fourth-order valence-corrected chi connectivity index (χ4v) is 4.56. The van der Waals surface area contributed by atoms with Crippen molar-refractivity contribution in [1.29, 1.82) is 0 Å². The third-order valence-electron chi connectivity index (χ3n) is 5.72. The number of fused-ring (bicyclic) bond motifs is 4. The molecule has 1 fully saturated rings. The summed E-state index contributed by atoms with van der Waals surface area (Å²) in [7, 11) is 0. The first-order valence-corrected chi connectivity index (χ1v) is 9.48. The predicted octanol–water partition coefficient (Wildman–Crippen LogP) is 3.60. The number of furan rings is 1. The van der Waals surface area contributed by atoms with Crippen molar-refractivity contribution in [1.82, 2.24) is 14.5 Å². The highest BCUT2D eigenvalue weighted by molar-refractivity contribution is 5.92. The lowest BCUT2D eigenvalue weighted by Gasteiger charge is -2.47. The monoisotopic (exact) mass is 374 g/mol. The highest BCUT2D eigenvalue weighted by Gasteiger charge is 2.51. The van der Waals surface area contributed by atoms with Gasteiger partial charge in [0.05, 0.1) is 24.2 Å². The second-order valence-electron chi connectivity index (χ2n) is 7.64. The van der Waals surface area contributed by atoms with Crippen LogP contribution in [0.2, 0.25) is 0 Å². The molecule has 2 aliphatic heterocycles. The Morgan fingerprint density at radius 2 is 2.18 bits per heavy atom. The van der Waals surface area contributed by atoms with Gasteiger partial charge in [-0.15, -0.1) is 0 Å². The molecule has 0 aliphatic carbocycles. The average Bonchev–Trinajstić information content (AvgIpc) is 3.45. The van der Waals surface area contributed by atoms with E-state index in [0.29, 0.717) is 25.4 Å². The van der Waals surface area contributed by atoms with E-state index in [9.17, 15) is 4.79 Å². The second-order valence-corrected chi connectivity index (χ2v) is 7.64. The lowest BCUT2D eigenvalue weighted by Crippen LogP contribution is -2.53. The van der Waals surface area contributed by atoms with Gasteiger partial charge < -0.3 is 18.8 Å². The van der Waals surface area contributed by atoms with Crippen molar-refractivity contribution in [2.45, 2.75) is 18.9 Å². The van der Waals surface area contributed by atoms with Gasteiger partial charge in [-0.3, -0.25) is 4.79 Å². The number of hydrogen-bond donors (Lipinski definition) is 0. The highest BCUT2D eigenvalue weighted by Crippen LogP contribution is 2.47. The number of anilines is 1. The molecule has 0 saturated carbocycles. The van der Waals surface area contributed by atoms with Crippen molar-refractivity contribution >= 4 is 11.6 Å². The van der Waals surface area contributed by atoms with E-state index >= 15 is 0 Å². The number of amides is 1. The van der Waals surface area contributed by atoms with Gasteiger partial charge in [0.2, 0.25) is 0 Å². The summed E-state index contributed by atoms with van der Waals surface area (Å²) in [4.78, 5) is 21.8. The van der Waals surface area contributed by atoms with Crippen molar-refractivity contribution in [2.24, 2.45) is 0 Å². The molecule has 28 heavy (non-hydrogen) atoms. The number of hydrogen-bond acceptors (Lipinski definition) is 4. The van der Waals surface area contributed by atoms with Crippen LogP contribution in [-0.4, -0.2) is 40.0 Å². The van der Waals surface area contributed by atoms with E-state index in [-0.39, 0.29) is 11.4 Å². The highest BCUT2D eigenvalue weighted by atomic mass is 16.3. The van der Waals surface area contributed by atoms with E-state index < -0.39 is 0 Å². The molecule has 1 saturated heterocycles. The van der Waals surface area contributed by atoms with Gasteiger partial charge in [0, 0.05) is 25.5 Å². The lowest BCUT2D eigenvalue weighted by molar-refractivity contribution is 0.0750. The van der Waals surface area contributed by atoms with Gasteiger partial charge in [-0.2, -0.15) is 0 Å². The molecule has 6 nitrogen and oxygen atoms in total. The summed E-state index contributed by atoms with van der Waals surface area (Å²) in [5.41, 5.74) is 2.99. The minimum Gasteiger partial charge on any atom is -0.459 e. The molecule has 1 spiro atoms. The summed E-state index contributed by atoms with van der Waals surface area (Å²) < 4.78 is 7.51. The molecular weight excluding hydrogens is 352 g/mol. The van der Waals surface area contributed by atoms with Crippen LogP contribution in [-0.2, 0) is 5.54 Å². The molecule has 3 aromatic heterocycles. The first-order chi connectivity index (χ1) is 13.6. The normalized spacial score (nSPS) is 20.3. The molecule has 3 aromatic rings. The molecule has 142 valence electrons. The van der Waals surface area contributed by atoms with Gasteiger partial charge >= 0.3 is 0 Å². The Bertz CT molecular complexity index is 1050. The Hall–Kier alpha value is -3.28. The quantitative estimate of drug-likeness (QED) is 0.658. The van der Waals surface area contributed by atoms with Crippen LogP contribution < -0.4 is 4.90 Å². The number of nitrogens with zero attached hydrogens (tertiary/aromatic N) is 4. The predicted molar refractivity (Wildman–Crippen MR) is 107 cm³/mol. The van der Waals surface area contributed by atoms with E-state index in [1.165, 1.54) is 0 Å². The van der Waals surface area contributed by atoms with E-state index in [0.717, 1.165) is 29.2 Å².